The van der Waals surface area contributed by atoms with Gasteiger partial charge in [-0.05, 0) is 81.4 Å². The highest BCUT2D eigenvalue weighted by Gasteiger charge is 2.46. The summed E-state index contributed by atoms with van der Waals surface area (Å²) >= 11 is 0. The zero-order chi connectivity index (χ0) is 55.9. The van der Waals surface area contributed by atoms with Gasteiger partial charge in [-0.25, -0.2) is 14.4 Å². The summed E-state index contributed by atoms with van der Waals surface area (Å²) in [5.41, 5.74) is 3.09. The van der Waals surface area contributed by atoms with Crippen LogP contribution in [-0.4, -0.2) is 214 Å². The first kappa shape index (κ1) is 80.0. The van der Waals surface area contributed by atoms with Crippen molar-refractivity contribution in [3.05, 3.63) is 36.5 Å². The molecule has 1 rings (SSSR count). The third-order valence-corrected chi connectivity index (χ3v) is 9.48. The maximum atomic E-state index is 13.1. The zero-order valence-corrected chi connectivity index (χ0v) is 43.4. The molecule has 0 amide bonds. The van der Waals surface area contributed by atoms with E-state index in [0.29, 0.717) is 30.9 Å². The summed E-state index contributed by atoms with van der Waals surface area (Å²) in [7, 11) is 4.87. The maximum Gasteiger partial charge on any atom is 0.333 e. The highest BCUT2D eigenvalue weighted by atomic mass is 16.6. The summed E-state index contributed by atoms with van der Waals surface area (Å²) in [6, 6.07) is 0. The Morgan fingerprint density at radius 1 is 0.616 bits per heavy atom. The lowest BCUT2D eigenvalue weighted by atomic mass is 9.68. The summed E-state index contributed by atoms with van der Waals surface area (Å²) in [6.07, 6.45) is -4.29. The minimum atomic E-state index is -1.28. The molecule has 1 aliphatic rings. The number of epoxide rings is 1. The van der Waals surface area contributed by atoms with E-state index in [1.165, 1.54) is 14.0 Å². The van der Waals surface area contributed by atoms with Crippen molar-refractivity contribution in [1.29, 1.82) is 0 Å². The molecule has 0 radical (unpaired) electrons. The average Bonchev–Trinajstić information content (AvgIpc) is 4.19. The van der Waals surface area contributed by atoms with E-state index in [1.54, 1.807) is 55.6 Å². The summed E-state index contributed by atoms with van der Waals surface area (Å²) in [5, 5.41) is 78.5. The van der Waals surface area contributed by atoms with Crippen LogP contribution < -0.4 is 16.4 Å². The number of hydrogen-bond donors (Lipinski definition) is 11. The van der Waals surface area contributed by atoms with Gasteiger partial charge in [0.2, 0.25) is 0 Å². The standard InChI is InChI=1S/C24H45NO11.C8H15NO3.C7H12O4.C7H10O3.CH5N.2CH4/c1-6-23(3,21(32)35-13-18(29)10-26)15-24(4,22(33)36-14-19(30)11-27)8-7-16(2)20(31)34-12-17(28)9-25-5;1-6(2)8(11)12-5-7(10)4-9-3;1-5(2)7(10)11-4-6(9)3-8;1-5(2)7(8)10-4-6-3-9-6;1-2;;/h16-19,25-30H,6-15H2,1-5H3;7,9-10H,1,4-5H2,2-3H3;6,8-9H,1,3-4H2,2H3;6H,1,3-4H2,2H3;2H2,1H3;2*1H4. The van der Waals surface area contributed by atoms with Gasteiger partial charge in [0.15, 0.2) is 0 Å². The van der Waals surface area contributed by atoms with Crippen molar-refractivity contribution in [2.75, 3.05) is 100 Å². The van der Waals surface area contributed by atoms with Crippen molar-refractivity contribution in [3.63, 3.8) is 0 Å². The van der Waals surface area contributed by atoms with Crippen molar-refractivity contribution in [2.24, 2.45) is 22.5 Å². The highest BCUT2D eigenvalue weighted by molar-refractivity contribution is 5.87. The van der Waals surface area contributed by atoms with Crippen LogP contribution in [0.2, 0.25) is 0 Å². The maximum absolute atomic E-state index is 13.1. The molecule has 73 heavy (non-hydrogen) atoms. The second-order valence-electron chi connectivity index (χ2n) is 16.9. The minimum Gasteiger partial charge on any atom is -0.463 e. The third kappa shape index (κ3) is 41.6. The number of aliphatic hydroxyl groups excluding tert-OH is 8. The first-order valence-electron chi connectivity index (χ1n) is 22.8. The number of esters is 6. The molecule has 0 aromatic carbocycles. The number of carbonyl (C=O) groups is 6. The van der Waals surface area contributed by atoms with Crippen molar-refractivity contribution in [3.8, 4) is 0 Å². The lowest BCUT2D eigenvalue weighted by molar-refractivity contribution is -0.169. The predicted molar refractivity (Wildman–Crippen MR) is 272 cm³/mol. The summed E-state index contributed by atoms with van der Waals surface area (Å²) in [5.74, 6) is -3.92. The first-order valence-corrected chi connectivity index (χ1v) is 22.8. The third-order valence-electron chi connectivity index (χ3n) is 9.48. The van der Waals surface area contributed by atoms with E-state index in [0.717, 1.165) is 0 Å². The van der Waals surface area contributed by atoms with Crippen LogP contribution >= 0.6 is 0 Å². The number of ether oxygens (including phenoxy) is 7. The molecule has 0 saturated carbocycles. The van der Waals surface area contributed by atoms with Crippen molar-refractivity contribution < 1.29 is 103 Å². The molecule has 9 unspecified atom stereocenters. The van der Waals surface area contributed by atoms with Crippen LogP contribution in [0.4, 0.5) is 0 Å². The Labute approximate surface area is 433 Å². The molecule has 24 heteroatoms. The molecule has 0 aliphatic carbocycles. The highest BCUT2D eigenvalue weighted by Crippen LogP contribution is 2.42. The van der Waals surface area contributed by atoms with Crippen LogP contribution in [0.25, 0.3) is 0 Å². The van der Waals surface area contributed by atoms with Gasteiger partial charge in [-0.3, -0.25) is 14.4 Å². The summed E-state index contributed by atoms with van der Waals surface area (Å²) < 4.78 is 34.3. The van der Waals surface area contributed by atoms with Gasteiger partial charge in [-0.15, -0.1) is 0 Å². The van der Waals surface area contributed by atoms with Gasteiger partial charge in [-0.1, -0.05) is 48.4 Å². The Bertz CT molecular complexity index is 1560. The van der Waals surface area contributed by atoms with Gasteiger partial charge in [0.1, 0.15) is 76.3 Å². The van der Waals surface area contributed by atoms with Crippen molar-refractivity contribution >= 4 is 35.8 Å². The van der Waals surface area contributed by atoms with Crippen LogP contribution in [0.15, 0.2) is 36.5 Å². The topological polar surface area (TPSA) is 382 Å². The Kier molecular flexibility index (Phi) is 50.5. The number of carbonyl (C=O) groups excluding carboxylic acids is 6. The van der Waals surface area contributed by atoms with Gasteiger partial charge < -0.3 is 90.4 Å². The molecule has 0 aromatic heterocycles. The molecule has 1 fully saturated rings. The number of likely N-dealkylation sites (N-methyl/N-ethyl adjacent to an activating group) is 2. The number of nitrogens with one attached hydrogen (secondary N) is 2. The van der Waals surface area contributed by atoms with E-state index in [9.17, 15) is 44.1 Å². The molecular formula is C49H95N3O21. The number of hydrogen-bond acceptors (Lipinski definition) is 24. The smallest absolute Gasteiger partial charge is 0.333 e. The van der Waals surface area contributed by atoms with Crippen LogP contribution in [0, 0.1) is 16.7 Å². The molecule has 0 bridgehead atoms. The van der Waals surface area contributed by atoms with Crippen molar-refractivity contribution in [1.82, 2.24) is 10.6 Å². The number of nitrogens with two attached hydrogens (primary N) is 1. The van der Waals surface area contributed by atoms with Crippen molar-refractivity contribution in [2.45, 2.75) is 126 Å². The first-order chi connectivity index (χ1) is 33.1. The Balaban J connectivity index is -0.000000245. The number of aliphatic hydroxyl groups is 8. The van der Waals surface area contributed by atoms with E-state index < -0.39 is 110 Å². The van der Waals surface area contributed by atoms with Gasteiger partial charge in [0.05, 0.1) is 43.2 Å². The monoisotopic (exact) mass is 1060 g/mol. The molecule has 9 atom stereocenters. The molecular weight excluding hydrogens is 967 g/mol. The minimum absolute atomic E-state index is 0. The fourth-order valence-corrected chi connectivity index (χ4v) is 4.92. The second-order valence-corrected chi connectivity index (χ2v) is 16.9. The van der Waals surface area contributed by atoms with E-state index in [2.05, 4.69) is 45.6 Å². The predicted octanol–water partition coefficient (Wildman–Crippen LogP) is -0.372. The zero-order valence-electron chi connectivity index (χ0n) is 43.4. The fourth-order valence-electron chi connectivity index (χ4n) is 4.92. The average molecular weight is 1060 g/mol. The fraction of sp³-hybridized carbons (Fsp3) is 0.755. The molecule has 1 aliphatic heterocycles. The summed E-state index contributed by atoms with van der Waals surface area (Å²) in [6.45, 7) is 20.4. The van der Waals surface area contributed by atoms with E-state index in [-0.39, 0.29) is 84.5 Å². The molecule has 0 spiro atoms. The Morgan fingerprint density at radius 3 is 1.27 bits per heavy atom. The van der Waals surface area contributed by atoms with Crippen LogP contribution in [0.1, 0.15) is 89.0 Å². The van der Waals surface area contributed by atoms with Gasteiger partial charge in [-0.2, -0.15) is 0 Å². The van der Waals surface area contributed by atoms with E-state index in [4.69, 9.17) is 49.2 Å². The molecule has 0 aromatic rings. The molecule has 1 saturated heterocycles. The molecule has 1 heterocycles. The Morgan fingerprint density at radius 2 is 0.945 bits per heavy atom. The Hall–Kier alpha value is -4.44. The van der Waals surface area contributed by atoms with Gasteiger partial charge >= 0.3 is 35.8 Å². The molecule has 432 valence electrons. The number of rotatable bonds is 31. The van der Waals surface area contributed by atoms with E-state index >= 15 is 0 Å². The lowest BCUT2D eigenvalue weighted by Gasteiger charge is -2.36. The van der Waals surface area contributed by atoms with E-state index in [1.807, 2.05) is 0 Å². The molecule has 12 N–H and O–H groups in total. The second kappa shape index (κ2) is 46.1. The SMILES string of the molecule is C.C.C=C(C)C(=O)OCC(O)CNC.C=C(C)C(=O)OCC(O)CO.C=C(C)C(=O)OCC1CO1.CCC(C)(CC(C)(CCC(C)C(=O)OCC(O)CNC)C(=O)OCC(O)CO)C(=O)OCC(O)CO.CN. The van der Waals surface area contributed by atoms with Crippen LogP contribution in [-0.2, 0) is 61.9 Å². The largest absolute Gasteiger partial charge is 0.463 e. The quantitative estimate of drug-likeness (QED) is 0.0183. The normalized spacial score (nSPS) is 15.9. The summed E-state index contributed by atoms with van der Waals surface area (Å²) in [4.78, 5) is 70.4. The lowest BCUT2D eigenvalue weighted by Crippen LogP contribution is -2.42. The van der Waals surface area contributed by atoms with Gasteiger partial charge in [0, 0.05) is 29.8 Å². The van der Waals surface area contributed by atoms with Crippen LogP contribution in [0.5, 0.6) is 0 Å². The van der Waals surface area contributed by atoms with Crippen LogP contribution in [0.3, 0.4) is 0 Å². The van der Waals surface area contributed by atoms with Gasteiger partial charge in [0.25, 0.3) is 0 Å². The molecule has 24 nitrogen and oxygen atoms in total.